The summed E-state index contributed by atoms with van der Waals surface area (Å²) in [5.74, 6) is 0. The second kappa shape index (κ2) is 7.54. The van der Waals surface area contributed by atoms with Crippen molar-refractivity contribution in [3.63, 3.8) is 0 Å². The van der Waals surface area contributed by atoms with Crippen molar-refractivity contribution in [2.24, 2.45) is 5.73 Å². The third kappa shape index (κ3) is 4.39. The van der Waals surface area contributed by atoms with Gasteiger partial charge in [-0.05, 0) is 26.3 Å². The van der Waals surface area contributed by atoms with Gasteiger partial charge < -0.3 is 5.73 Å². The SMILES string of the molecule is CCC(C)N1CCN(S(=O)(=O)N(C)CCCN)CC1. The Labute approximate surface area is 117 Å². The first-order chi connectivity index (χ1) is 8.93. The van der Waals surface area contributed by atoms with E-state index < -0.39 is 10.2 Å². The Morgan fingerprint density at radius 3 is 2.32 bits per heavy atom. The number of nitrogens with zero attached hydrogens (tertiary/aromatic N) is 3. The lowest BCUT2D eigenvalue weighted by molar-refractivity contribution is 0.139. The fraction of sp³-hybridized carbons (Fsp3) is 1.00. The lowest BCUT2D eigenvalue weighted by Gasteiger charge is -2.38. The van der Waals surface area contributed by atoms with Crippen LogP contribution in [-0.4, -0.2) is 74.3 Å². The number of hydrogen-bond donors (Lipinski definition) is 1. The Balaban J connectivity index is 2.54. The van der Waals surface area contributed by atoms with Gasteiger partial charge in [-0.15, -0.1) is 0 Å². The fourth-order valence-corrected chi connectivity index (χ4v) is 3.64. The van der Waals surface area contributed by atoms with Crippen LogP contribution in [0.15, 0.2) is 0 Å². The summed E-state index contributed by atoms with van der Waals surface area (Å²) in [6.07, 6.45) is 1.80. The van der Waals surface area contributed by atoms with Gasteiger partial charge in [-0.2, -0.15) is 17.0 Å². The first-order valence-electron chi connectivity index (χ1n) is 7.09. The summed E-state index contributed by atoms with van der Waals surface area (Å²) in [4.78, 5) is 2.35. The molecule has 1 aliphatic rings. The largest absolute Gasteiger partial charge is 0.330 e. The Morgan fingerprint density at radius 2 is 1.84 bits per heavy atom. The number of nitrogens with two attached hydrogens (primary N) is 1. The first kappa shape index (κ1) is 16.8. The number of hydrogen-bond acceptors (Lipinski definition) is 4. The Bertz CT molecular complexity index is 353. The van der Waals surface area contributed by atoms with Crippen LogP contribution in [0.3, 0.4) is 0 Å². The summed E-state index contributed by atoms with van der Waals surface area (Å²) in [7, 11) is -1.67. The molecule has 2 N–H and O–H groups in total. The van der Waals surface area contributed by atoms with E-state index in [0.717, 1.165) is 19.5 Å². The molecule has 19 heavy (non-hydrogen) atoms. The average molecular weight is 292 g/mol. The van der Waals surface area contributed by atoms with Crippen LogP contribution in [0.4, 0.5) is 0 Å². The van der Waals surface area contributed by atoms with Gasteiger partial charge in [0.05, 0.1) is 0 Å². The molecule has 1 saturated heterocycles. The molecule has 0 aromatic carbocycles. The van der Waals surface area contributed by atoms with Crippen molar-refractivity contribution in [1.82, 2.24) is 13.5 Å². The van der Waals surface area contributed by atoms with E-state index in [1.807, 2.05) is 0 Å². The van der Waals surface area contributed by atoms with E-state index >= 15 is 0 Å². The van der Waals surface area contributed by atoms with E-state index in [-0.39, 0.29) is 0 Å². The molecule has 1 aliphatic heterocycles. The summed E-state index contributed by atoms with van der Waals surface area (Å²) in [6, 6.07) is 0.528. The molecule has 1 rings (SSSR count). The highest BCUT2D eigenvalue weighted by molar-refractivity contribution is 7.86. The van der Waals surface area contributed by atoms with Crippen LogP contribution in [-0.2, 0) is 10.2 Å². The van der Waals surface area contributed by atoms with E-state index in [0.29, 0.717) is 38.6 Å². The fourth-order valence-electron chi connectivity index (χ4n) is 2.26. The topological polar surface area (TPSA) is 69.9 Å². The van der Waals surface area contributed by atoms with Crippen LogP contribution in [0.25, 0.3) is 0 Å². The second-order valence-corrected chi connectivity index (χ2v) is 7.20. The van der Waals surface area contributed by atoms with Crippen LogP contribution >= 0.6 is 0 Å². The molecule has 114 valence electrons. The predicted molar refractivity (Wildman–Crippen MR) is 78.1 cm³/mol. The molecule has 0 aromatic heterocycles. The zero-order chi connectivity index (χ0) is 14.5. The lowest BCUT2D eigenvalue weighted by atomic mass is 10.2. The maximum Gasteiger partial charge on any atom is 0.281 e. The molecule has 1 heterocycles. The average Bonchev–Trinajstić information content (AvgIpc) is 2.43. The molecular formula is C12H28N4O2S. The molecule has 0 saturated carbocycles. The Kier molecular flexibility index (Phi) is 6.68. The minimum atomic E-state index is -3.31. The molecule has 0 bridgehead atoms. The molecule has 6 nitrogen and oxygen atoms in total. The van der Waals surface area contributed by atoms with Crippen molar-refractivity contribution in [2.45, 2.75) is 32.7 Å². The predicted octanol–water partition coefficient (Wildman–Crippen LogP) is -0.0721. The third-order valence-electron chi connectivity index (χ3n) is 3.88. The highest BCUT2D eigenvalue weighted by atomic mass is 32.2. The van der Waals surface area contributed by atoms with Gasteiger partial charge in [-0.1, -0.05) is 6.92 Å². The van der Waals surface area contributed by atoms with Crippen LogP contribution in [0.2, 0.25) is 0 Å². The van der Waals surface area contributed by atoms with Crippen LogP contribution in [0, 0.1) is 0 Å². The number of piperazine rings is 1. The molecule has 0 amide bonds. The summed E-state index contributed by atoms with van der Waals surface area (Å²) in [5.41, 5.74) is 5.42. The normalized spacial score (nSPS) is 20.9. The zero-order valence-corrected chi connectivity index (χ0v) is 13.2. The standard InChI is InChI=1S/C12H28N4O2S/c1-4-12(2)15-8-10-16(11-9-15)19(17,18)14(3)7-5-6-13/h12H,4-11,13H2,1-3H3. The highest BCUT2D eigenvalue weighted by Gasteiger charge is 2.30. The smallest absolute Gasteiger partial charge is 0.281 e. The van der Waals surface area contributed by atoms with Gasteiger partial charge in [0.2, 0.25) is 0 Å². The minimum absolute atomic E-state index is 0.490. The lowest BCUT2D eigenvalue weighted by Crippen LogP contribution is -2.54. The Hall–Kier alpha value is -0.210. The van der Waals surface area contributed by atoms with Gasteiger partial charge in [0, 0.05) is 45.8 Å². The number of rotatable bonds is 7. The molecular weight excluding hydrogens is 264 g/mol. The van der Waals surface area contributed by atoms with Crippen molar-refractivity contribution in [2.75, 3.05) is 46.3 Å². The summed E-state index contributed by atoms with van der Waals surface area (Å²) in [5, 5.41) is 0. The monoisotopic (exact) mass is 292 g/mol. The summed E-state index contributed by atoms with van der Waals surface area (Å²) < 4.78 is 27.7. The molecule has 7 heteroatoms. The maximum atomic E-state index is 12.3. The van der Waals surface area contributed by atoms with Gasteiger partial charge >= 0.3 is 0 Å². The quantitative estimate of drug-likeness (QED) is 0.713. The van der Waals surface area contributed by atoms with Crippen molar-refractivity contribution in [3.05, 3.63) is 0 Å². The van der Waals surface area contributed by atoms with Gasteiger partial charge in [0.1, 0.15) is 0 Å². The van der Waals surface area contributed by atoms with Gasteiger partial charge in [0.15, 0.2) is 0 Å². The third-order valence-corrected chi connectivity index (χ3v) is 5.87. The van der Waals surface area contributed by atoms with E-state index in [1.165, 1.54) is 4.31 Å². The van der Waals surface area contributed by atoms with Crippen molar-refractivity contribution in [1.29, 1.82) is 0 Å². The Morgan fingerprint density at radius 1 is 1.26 bits per heavy atom. The molecule has 0 aromatic rings. The molecule has 1 fully saturated rings. The molecule has 1 unspecified atom stereocenters. The molecule has 1 atom stereocenters. The van der Waals surface area contributed by atoms with Crippen molar-refractivity contribution < 1.29 is 8.42 Å². The van der Waals surface area contributed by atoms with Crippen LogP contribution in [0.5, 0.6) is 0 Å². The minimum Gasteiger partial charge on any atom is -0.330 e. The molecule has 0 aliphatic carbocycles. The maximum absolute atomic E-state index is 12.3. The molecule has 0 spiro atoms. The van der Waals surface area contributed by atoms with Crippen LogP contribution in [0.1, 0.15) is 26.7 Å². The van der Waals surface area contributed by atoms with E-state index in [1.54, 1.807) is 11.4 Å². The first-order valence-corrected chi connectivity index (χ1v) is 8.48. The second-order valence-electron chi connectivity index (χ2n) is 5.16. The van der Waals surface area contributed by atoms with Gasteiger partial charge in [-0.25, -0.2) is 0 Å². The van der Waals surface area contributed by atoms with E-state index in [2.05, 4.69) is 18.7 Å². The van der Waals surface area contributed by atoms with Gasteiger partial charge in [-0.3, -0.25) is 4.90 Å². The zero-order valence-electron chi connectivity index (χ0n) is 12.4. The highest BCUT2D eigenvalue weighted by Crippen LogP contribution is 2.14. The molecule has 0 radical (unpaired) electrons. The summed E-state index contributed by atoms with van der Waals surface area (Å²) in [6.45, 7) is 8.16. The van der Waals surface area contributed by atoms with E-state index in [4.69, 9.17) is 5.73 Å². The summed E-state index contributed by atoms with van der Waals surface area (Å²) >= 11 is 0. The van der Waals surface area contributed by atoms with E-state index in [9.17, 15) is 8.42 Å². The van der Waals surface area contributed by atoms with Crippen molar-refractivity contribution >= 4 is 10.2 Å². The van der Waals surface area contributed by atoms with Crippen molar-refractivity contribution in [3.8, 4) is 0 Å². The van der Waals surface area contributed by atoms with Gasteiger partial charge in [0.25, 0.3) is 10.2 Å². The van der Waals surface area contributed by atoms with Crippen LogP contribution < -0.4 is 5.73 Å².